The minimum atomic E-state index is 0.0149. The Kier molecular flexibility index (Phi) is 7.30. The van der Waals surface area contributed by atoms with Crippen LogP contribution in [0.25, 0.3) is 10.8 Å². The number of rotatable bonds is 8. The average Bonchev–Trinajstić information content (AvgIpc) is 2.80. The van der Waals surface area contributed by atoms with Gasteiger partial charge in [-0.05, 0) is 23.9 Å². The molecule has 1 saturated heterocycles. The Morgan fingerprint density at radius 3 is 2.52 bits per heavy atom. The summed E-state index contributed by atoms with van der Waals surface area (Å²) in [6.45, 7) is 7.71. The van der Waals surface area contributed by atoms with Gasteiger partial charge in [-0.3, -0.25) is 14.6 Å². The van der Waals surface area contributed by atoms with Crippen LogP contribution in [0.4, 0.5) is 5.69 Å². The third-order valence-electron chi connectivity index (χ3n) is 5.89. The van der Waals surface area contributed by atoms with Crippen LogP contribution in [0.1, 0.15) is 12.5 Å². The fraction of sp³-hybridized carbons (Fsp3) is 0.346. The number of amides is 1. The Labute approximate surface area is 184 Å². The lowest BCUT2D eigenvalue weighted by Gasteiger charge is -2.34. The van der Waals surface area contributed by atoms with Crippen molar-refractivity contribution < 1.29 is 9.53 Å². The van der Waals surface area contributed by atoms with Crippen molar-refractivity contribution in [2.75, 3.05) is 44.7 Å². The molecule has 1 atom stereocenters. The van der Waals surface area contributed by atoms with Gasteiger partial charge in [-0.25, -0.2) is 0 Å². The predicted molar refractivity (Wildman–Crippen MR) is 126 cm³/mol. The smallest absolute Gasteiger partial charge is 0.238 e. The molecule has 162 valence electrons. The van der Waals surface area contributed by atoms with Crippen LogP contribution in [0.2, 0.25) is 0 Å². The number of benzene rings is 3. The monoisotopic (exact) mass is 417 g/mol. The molecule has 0 bridgehead atoms. The highest BCUT2D eigenvalue weighted by Crippen LogP contribution is 2.23. The SMILES string of the molecule is CC(CN1CCOCC1)N(CC(=O)Nc1cccc2ccccc12)Cc1ccccc1. The highest BCUT2D eigenvalue weighted by molar-refractivity contribution is 6.02. The van der Waals surface area contributed by atoms with E-state index in [0.29, 0.717) is 6.54 Å². The highest BCUT2D eigenvalue weighted by atomic mass is 16.5. The normalized spacial score (nSPS) is 15.8. The Hall–Kier alpha value is -2.73. The Bertz CT molecular complexity index is 981. The largest absolute Gasteiger partial charge is 0.379 e. The zero-order valence-electron chi connectivity index (χ0n) is 18.2. The van der Waals surface area contributed by atoms with Crippen LogP contribution in [-0.4, -0.2) is 61.1 Å². The van der Waals surface area contributed by atoms with Crippen LogP contribution in [0.15, 0.2) is 72.8 Å². The molecule has 5 nitrogen and oxygen atoms in total. The molecule has 5 heteroatoms. The maximum absolute atomic E-state index is 13.1. The minimum absolute atomic E-state index is 0.0149. The van der Waals surface area contributed by atoms with E-state index in [-0.39, 0.29) is 11.9 Å². The van der Waals surface area contributed by atoms with Crippen LogP contribution in [0, 0.1) is 0 Å². The van der Waals surface area contributed by atoms with Gasteiger partial charge in [0.1, 0.15) is 0 Å². The van der Waals surface area contributed by atoms with Gasteiger partial charge >= 0.3 is 0 Å². The molecule has 1 heterocycles. The molecular formula is C26H31N3O2. The average molecular weight is 418 g/mol. The van der Waals surface area contributed by atoms with Crippen molar-refractivity contribution in [3.05, 3.63) is 78.4 Å². The number of hydrogen-bond donors (Lipinski definition) is 1. The van der Waals surface area contributed by atoms with E-state index in [2.05, 4.69) is 58.4 Å². The van der Waals surface area contributed by atoms with E-state index in [1.807, 2.05) is 36.4 Å². The molecule has 0 radical (unpaired) electrons. The summed E-state index contributed by atoms with van der Waals surface area (Å²) in [4.78, 5) is 17.8. The zero-order valence-corrected chi connectivity index (χ0v) is 18.2. The van der Waals surface area contributed by atoms with Gasteiger partial charge in [-0.2, -0.15) is 0 Å². The van der Waals surface area contributed by atoms with Gasteiger partial charge in [0.15, 0.2) is 0 Å². The maximum Gasteiger partial charge on any atom is 0.238 e. The van der Waals surface area contributed by atoms with E-state index in [9.17, 15) is 4.79 Å². The first-order valence-electron chi connectivity index (χ1n) is 11.0. The predicted octanol–water partition coefficient (Wildman–Crippen LogP) is 4.00. The second-order valence-corrected chi connectivity index (χ2v) is 8.23. The molecule has 31 heavy (non-hydrogen) atoms. The van der Waals surface area contributed by atoms with Crippen molar-refractivity contribution in [1.29, 1.82) is 0 Å². The molecule has 1 N–H and O–H groups in total. The molecule has 3 aromatic carbocycles. The van der Waals surface area contributed by atoms with Gasteiger partial charge in [0, 0.05) is 43.3 Å². The number of anilines is 1. The van der Waals surface area contributed by atoms with Gasteiger partial charge < -0.3 is 10.1 Å². The summed E-state index contributed by atoms with van der Waals surface area (Å²) in [6.07, 6.45) is 0. The molecule has 0 spiro atoms. The molecule has 1 aliphatic rings. The molecule has 4 rings (SSSR count). The number of carbonyl (C=O) groups is 1. The van der Waals surface area contributed by atoms with Gasteiger partial charge in [0.25, 0.3) is 0 Å². The zero-order chi connectivity index (χ0) is 21.5. The van der Waals surface area contributed by atoms with E-state index < -0.39 is 0 Å². The van der Waals surface area contributed by atoms with E-state index >= 15 is 0 Å². The Morgan fingerprint density at radius 1 is 1.00 bits per heavy atom. The first-order chi connectivity index (χ1) is 15.2. The van der Waals surface area contributed by atoms with Gasteiger partial charge in [-0.15, -0.1) is 0 Å². The molecule has 0 aliphatic carbocycles. The lowest BCUT2D eigenvalue weighted by molar-refractivity contribution is -0.118. The second kappa shape index (κ2) is 10.5. The van der Waals surface area contributed by atoms with Crippen LogP contribution >= 0.6 is 0 Å². The van der Waals surface area contributed by atoms with Crippen molar-refractivity contribution in [3.63, 3.8) is 0 Å². The summed E-state index contributed by atoms with van der Waals surface area (Å²) in [5.74, 6) is 0.0149. The minimum Gasteiger partial charge on any atom is -0.379 e. The van der Waals surface area contributed by atoms with E-state index in [4.69, 9.17) is 4.74 Å². The molecule has 1 aliphatic heterocycles. The quantitative estimate of drug-likeness (QED) is 0.602. The van der Waals surface area contributed by atoms with Crippen LogP contribution in [-0.2, 0) is 16.1 Å². The van der Waals surface area contributed by atoms with Crippen molar-refractivity contribution in [1.82, 2.24) is 9.80 Å². The molecule has 1 amide bonds. The van der Waals surface area contributed by atoms with Crippen LogP contribution in [0.5, 0.6) is 0 Å². The molecule has 3 aromatic rings. The van der Waals surface area contributed by atoms with Crippen molar-refractivity contribution in [2.24, 2.45) is 0 Å². The standard InChI is InChI=1S/C26H31N3O2/c1-21(18-28-14-16-31-17-15-28)29(19-22-8-3-2-4-9-22)20-26(30)27-25-13-7-11-23-10-5-6-12-24(23)25/h2-13,21H,14-20H2,1H3,(H,27,30). The fourth-order valence-electron chi connectivity index (χ4n) is 4.17. The topological polar surface area (TPSA) is 44.8 Å². The maximum atomic E-state index is 13.1. The summed E-state index contributed by atoms with van der Waals surface area (Å²) < 4.78 is 5.48. The third kappa shape index (κ3) is 5.91. The van der Waals surface area contributed by atoms with Crippen LogP contribution < -0.4 is 5.32 Å². The van der Waals surface area contributed by atoms with Crippen molar-refractivity contribution in [3.8, 4) is 0 Å². The highest BCUT2D eigenvalue weighted by Gasteiger charge is 2.22. The fourth-order valence-corrected chi connectivity index (χ4v) is 4.17. The van der Waals surface area contributed by atoms with Gasteiger partial charge in [0.2, 0.25) is 5.91 Å². The summed E-state index contributed by atoms with van der Waals surface area (Å²) in [7, 11) is 0. The Balaban J connectivity index is 1.46. The van der Waals surface area contributed by atoms with Crippen LogP contribution in [0.3, 0.4) is 0 Å². The number of carbonyl (C=O) groups excluding carboxylic acids is 1. The molecule has 1 unspecified atom stereocenters. The summed E-state index contributed by atoms with van der Waals surface area (Å²) >= 11 is 0. The summed E-state index contributed by atoms with van der Waals surface area (Å²) in [5, 5.41) is 5.34. The van der Waals surface area contributed by atoms with Gasteiger partial charge in [-0.1, -0.05) is 66.7 Å². The van der Waals surface area contributed by atoms with E-state index in [0.717, 1.165) is 55.9 Å². The van der Waals surface area contributed by atoms with Gasteiger partial charge in [0.05, 0.1) is 19.8 Å². The van der Waals surface area contributed by atoms with E-state index in [1.54, 1.807) is 0 Å². The van der Waals surface area contributed by atoms with E-state index in [1.165, 1.54) is 5.56 Å². The lowest BCUT2D eigenvalue weighted by atomic mass is 10.1. The third-order valence-corrected chi connectivity index (χ3v) is 5.89. The molecule has 0 saturated carbocycles. The molecule has 1 fully saturated rings. The number of nitrogens with one attached hydrogen (secondary N) is 1. The summed E-state index contributed by atoms with van der Waals surface area (Å²) in [6, 6.07) is 24.8. The summed E-state index contributed by atoms with van der Waals surface area (Å²) in [5.41, 5.74) is 2.08. The first-order valence-corrected chi connectivity index (χ1v) is 11.0. The molecule has 0 aromatic heterocycles. The lowest BCUT2D eigenvalue weighted by Crippen LogP contribution is -2.47. The number of nitrogens with zero attached hydrogens (tertiary/aromatic N) is 2. The van der Waals surface area contributed by atoms with Crippen molar-refractivity contribution in [2.45, 2.75) is 19.5 Å². The number of ether oxygens (including phenoxy) is 1. The number of morpholine rings is 1. The van der Waals surface area contributed by atoms with Crippen molar-refractivity contribution >= 4 is 22.4 Å². The number of hydrogen-bond acceptors (Lipinski definition) is 4. The number of fused-ring (bicyclic) bond motifs is 1. The Morgan fingerprint density at radius 2 is 1.71 bits per heavy atom. The first kappa shape index (κ1) is 21.5. The molecular weight excluding hydrogens is 386 g/mol. The second-order valence-electron chi connectivity index (χ2n) is 8.23.